The van der Waals surface area contributed by atoms with Gasteiger partial charge in [-0.15, -0.1) is 11.8 Å². The van der Waals surface area contributed by atoms with Crippen LogP contribution >= 0.6 is 11.8 Å². The van der Waals surface area contributed by atoms with Gasteiger partial charge in [0.15, 0.2) is 18.1 Å². The molecule has 9 heteroatoms. The summed E-state index contributed by atoms with van der Waals surface area (Å²) < 4.78 is 15.6. The summed E-state index contributed by atoms with van der Waals surface area (Å²) >= 11 is 1.59. The van der Waals surface area contributed by atoms with Gasteiger partial charge in [-0.1, -0.05) is 6.07 Å². The lowest BCUT2D eigenvalue weighted by atomic mass is 10.2. The molecule has 2 heterocycles. The smallest absolute Gasteiger partial charge is 0.330 e. The first-order valence-electron chi connectivity index (χ1n) is 8.98. The fraction of sp³-hybridized carbons (Fsp3) is 0.526. The molecule has 2 aliphatic rings. The highest BCUT2D eigenvalue weighted by molar-refractivity contribution is 8.01. The van der Waals surface area contributed by atoms with Gasteiger partial charge >= 0.3 is 5.97 Å². The number of rotatable bonds is 7. The molecule has 2 atom stereocenters. The van der Waals surface area contributed by atoms with E-state index in [-0.39, 0.29) is 23.9 Å². The predicted molar refractivity (Wildman–Crippen MR) is 103 cm³/mol. The third-order valence-corrected chi connectivity index (χ3v) is 6.51. The summed E-state index contributed by atoms with van der Waals surface area (Å²) in [6.07, 6.45) is 1.17. The molecule has 1 N–H and O–H groups in total. The molecular formula is C19H24N2O6S. The Morgan fingerprint density at radius 1 is 1.29 bits per heavy atom. The second kappa shape index (κ2) is 8.30. The number of amides is 2. The van der Waals surface area contributed by atoms with Crippen molar-refractivity contribution in [2.24, 2.45) is 0 Å². The first kappa shape index (κ1) is 20.3. The number of hydrogen-bond acceptors (Lipinski definition) is 7. The van der Waals surface area contributed by atoms with Crippen molar-refractivity contribution < 1.29 is 28.6 Å². The highest BCUT2D eigenvalue weighted by atomic mass is 32.2. The molecule has 2 fully saturated rings. The van der Waals surface area contributed by atoms with Crippen molar-refractivity contribution in [1.82, 2.24) is 10.2 Å². The number of fused-ring (bicyclic) bond motifs is 1. The maximum absolute atomic E-state index is 12.4. The monoisotopic (exact) mass is 408 g/mol. The van der Waals surface area contributed by atoms with Crippen LogP contribution in [-0.2, 0) is 25.7 Å². The summed E-state index contributed by atoms with van der Waals surface area (Å²) in [6, 6.07) is 4.70. The lowest BCUT2D eigenvalue weighted by molar-refractivity contribution is -0.156. The van der Waals surface area contributed by atoms with Crippen molar-refractivity contribution in [3.05, 3.63) is 23.8 Å². The minimum atomic E-state index is -0.622. The van der Waals surface area contributed by atoms with Crippen molar-refractivity contribution in [1.29, 1.82) is 0 Å². The quantitative estimate of drug-likeness (QED) is 0.680. The van der Waals surface area contributed by atoms with E-state index in [9.17, 15) is 14.4 Å². The lowest BCUT2D eigenvalue weighted by Gasteiger charge is -2.29. The van der Waals surface area contributed by atoms with Crippen molar-refractivity contribution in [3.8, 4) is 11.5 Å². The number of nitrogens with zero attached hydrogens (tertiary/aromatic N) is 1. The van der Waals surface area contributed by atoms with Crippen LogP contribution in [0.4, 0.5) is 0 Å². The molecular weight excluding hydrogens is 384 g/mol. The SMILES string of the molecule is COc1ccc(CNC(=O)COC(=O)[C@@H]2CS[C@]3(C)CCC(=O)N23)cc1OC. The summed E-state index contributed by atoms with van der Waals surface area (Å²) in [5, 5.41) is 2.70. The number of thioether (sulfide) groups is 1. The largest absolute Gasteiger partial charge is 0.493 e. The van der Waals surface area contributed by atoms with Gasteiger partial charge in [0, 0.05) is 18.7 Å². The van der Waals surface area contributed by atoms with E-state index in [0.29, 0.717) is 23.7 Å². The standard InChI is InChI=1S/C19H24N2O6S/c1-19-7-6-17(23)21(19)13(11-28-19)18(24)27-10-16(22)20-9-12-4-5-14(25-2)15(8-12)26-3/h4-5,8,13H,6-7,9-11H2,1-3H3,(H,20,22)/t13-,19+/m0/s1. The van der Waals surface area contributed by atoms with Crippen LogP contribution in [0.5, 0.6) is 11.5 Å². The third kappa shape index (κ3) is 4.04. The zero-order valence-corrected chi connectivity index (χ0v) is 17.0. The van der Waals surface area contributed by atoms with Gasteiger partial charge < -0.3 is 24.4 Å². The van der Waals surface area contributed by atoms with Crippen LogP contribution in [0.3, 0.4) is 0 Å². The average Bonchev–Trinajstić information content (AvgIpc) is 3.19. The Labute approximate surface area is 167 Å². The first-order valence-corrected chi connectivity index (χ1v) is 9.97. The molecule has 1 aromatic carbocycles. The minimum absolute atomic E-state index is 0.0349. The second-order valence-electron chi connectivity index (χ2n) is 6.84. The van der Waals surface area contributed by atoms with E-state index in [1.807, 2.05) is 13.0 Å². The van der Waals surface area contributed by atoms with E-state index in [0.717, 1.165) is 12.0 Å². The van der Waals surface area contributed by atoms with Crippen LogP contribution in [0.15, 0.2) is 18.2 Å². The van der Waals surface area contributed by atoms with Crippen LogP contribution in [0.25, 0.3) is 0 Å². The Morgan fingerprint density at radius 2 is 2.04 bits per heavy atom. The van der Waals surface area contributed by atoms with Gasteiger partial charge in [0.25, 0.3) is 5.91 Å². The molecule has 28 heavy (non-hydrogen) atoms. The van der Waals surface area contributed by atoms with Gasteiger partial charge in [0.1, 0.15) is 6.04 Å². The van der Waals surface area contributed by atoms with E-state index < -0.39 is 17.9 Å². The van der Waals surface area contributed by atoms with E-state index in [1.54, 1.807) is 35.9 Å². The van der Waals surface area contributed by atoms with Gasteiger partial charge in [0.05, 0.1) is 19.1 Å². The number of carbonyl (C=O) groups excluding carboxylic acids is 3. The van der Waals surface area contributed by atoms with Gasteiger partial charge in [-0.3, -0.25) is 9.59 Å². The van der Waals surface area contributed by atoms with Crippen molar-refractivity contribution >= 4 is 29.5 Å². The first-order chi connectivity index (χ1) is 13.4. The molecule has 0 unspecified atom stereocenters. The Bertz CT molecular complexity index is 786. The molecule has 2 saturated heterocycles. The summed E-state index contributed by atoms with van der Waals surface area (Å²) in [5.41, 5.74) is 0.822. The number of methoxy groups -OCH3 is 2. The summed E-state index contributed by atoms with van der Waals surface area (Å²) in [4.78, 5) is 37.8. The molecule has 0 aliphatic carbocycles. The van der Waals surface area contributed by atoms with Gasteiger partial charge in [0.2, 0.25) is 5.91 Å². The van der Waals surface area contributed by atoms with Crippen molar-refractivity contribution in [3.63, 3.8) is 0 Å². The third-order valence-electron chi connectivity index (χ3n) is 5.00. The van der Waals surface area contributed by atoms with E-state index >= 15 is 0 Å². The normalized spacial score (nSPS) is 23.3. The summed E-state index contributed by atoms with van der Waals surface area (Å²) in [5.74, 6) is 0.681. The number of esters is 1. The average molecular weight is 408 g/mol. The zero-order valence-electron chi connectivity index (χ0n) is 16.1. The number of carbonyl (C=O) groups is 3. The van der Waals surface area contributed by atoms with Crippen molar-refractivity contribution in [2.75, 3.05) is 26.6 Å². The Morgan fingerprint density at radius 3 is 2.75 bits per heavy atom. The molecule has 0 radical (unpaired) electrons. The number of nitrogens with one attached hydrogen (secondary N) is 1. The molecule has 8 nitrogen and oxygen atoms in total. The highest BCUT2D eigenvalue weighted by Gasteiger charge is 2.53. The molecule has 2 aliphatic heterocycles. The summed E-state index contributed by atoms with van der Waals surface area (Å²) in [6.45, 7) is 1.84. The molecule has 0 bridgehead atoms. The van der Waals surface area contributed by atoms with Crippen molar-refractivity contribution in [2.45, 2.75) is 37.2 Å². The topological polar surface area (TPSA) is 94.2 Å². The van der Waals surface area contributed by atoms with Crippen LogP contribution in [-0.4, -0.2) is 60.2 Å². The van der Waals surface area contributed by atoms with E-state index in [1.165, 1.54) is 7.11 Å². The maximum atomic E-state index is 12.4. The number of hydrogen-bond donors (Lipinski definition) is 1. The minimum Gasteiger partial charge on any atom is -0.493 e. The second-order valence-corrected chi connectivity index (χ2v) is 8.34. The Kier molecular flexibility index (Phi) is 6.02. The maximum Gasteiger partial charge on any atom is 0.330 e. The molecule has 2 amide bonds. The lowest BCUT2D eigenvalue weighted by Crippen LogP contribution is -2.47. The summed E-state index contributed by atoms with van der Waals surface area (Å²) in [7, 11) is 3.09. The predicted octanol–water partition coefficient (Wildman–Crippen LogP) is 1.32. The van der Waals surface area contributed by atoms with Crippen LogP contribution in [0, 0.1) is 0 Å². The fourth-order valence-corrected chi connectivity index (χ4v) is 4.89. The van der Waals surface area contributed by atoms with Crippen LogP contribution in [0.2, 0.25) is 0 Å². The van der Waals surface area contributed by atoms with Gasteiger partial charge in [-0.05, 0) is 31.0 Å². The van der Waals surface area contributed by atoms with E-state index in [2.05, 4.69) is 5.32 Å². The fourth-order valence-electron chi connectivity index (χ4n) is 3.47. The van der Waals surface area contributed by atoms with E-state index in [4.69, 9.17) is 14.2 Å². The number of benzene rings is 1. The van der Waals surface area contributed by atoms with Gasteiger partial charge in [-0.25, -0.2) is 4.79 Å². The molecule has 3 rings (SSSR count). The molecule has 152 valence electrons. The molecule has 1 aromatic rings. The Hall–Kier alpha value is -2.42. The zero-order chi connectivity index (χ0) is 20.3. The molecule has 0 spiro atoms. The van der Waals surface area contributed by atoms with Crippen LogP contribution in [0.1, 0.15) is 25.3 Å². The van der Waals surface area contributed by atoms with Crippen LogP contribution < -0.4 is 14.8 Å². The molecule has 0 aromatic heterocycles. The van der Waals surface area contributed by atoms with Gasteiger partial charge in [-0.2, -0.15) is 0 Å². The highest BCUT2D eigenvalue weighted by Crippen LogP contribution is 2.47. The molecule has 0 saturated carbocycles. The number of ether oxygens (including phenoxy) is 3. The Balaban J connectivity index is 1.48.